The summed E-state index contributed by atoms with van der Waals surface area (Å²) in [5, 5.41) is 2.44. The fraction of sp³-hybridized carbons (Fsp3) is 0.136. The quantitative estimate of drug-likeness (QED) is 0.630. The summed E-state index contributed by atoms with van der Waals surface area (Å²) in [5.74, 6) is 0.257. The molecule has 3 aromatic carbocycles. The lowest BCUT2D eigenvalue weighted by Gasteiger charge is -2.34. The van der Waals surface area contributed by atoms with E-state index < -0.39 is 0 Å². The van der Waals surface area contributed by atoms with Gasteiger partial charge in [0.25, 0.3) is 0 Å². The topological polar surface area (TPSA) is 20.3 Å². The van der Waals surface area contributed by atoms with Crippen LogP contribution >= 0.6 is 0 Å². The van der Waals surface area contributed by atoms with Crippen molar-refractivity contribution in [3.8, 4) is 0 Å². The molecule has 0 aromatic heterocycles. The highest BCUT2D eigenvalue weighted by Gasteiger charge is 2.32. The van der Waals surface area contributed by atoms with Crippen molar-refractivity contribution in [2.75, 3.05) is 11.4 Å². The number of hydrogen-bond donors (Lipinski definition) is 0. The molecular weight excluding hydrogens is 294 g/mol. The van der Waals surface area contributed by atoms with Crippen LogP contribution in [0.15, 0.2) is 79.4 Å². The second-order valence-electron chi connectivity index (χ2n) is 6.18. The Hall–Kier alpha value is -2.87. The van der Waals surface area contributed by atoms with Crippen LogP contribution in [-0.2, 0) is 4.79 Å². The van der Waals surface area contributed by atoms with Crippen molar-refractivity contribution in [2.45, 2.75) is 12.3 Å². The Kier molecular flexibility index (Phi) is 3.66. The van der Waals surface area contributed by atoms with Crippen molar-refractivity contribution in [2.24, 2.45) is 0 Å². The Morgan fingerprint density at radius 2 is 1.75 bits per heavy atom. The van der Waals surface area contributed by atoms with E-state index in [-0.39, 0.29) is 11.8 Å². The molecule has 2 nitrogen and oxygen atoms in total. The van der Waals surface area contributed by atoms with Gasteiger partial charge in [-0.05, 0) is 28.0 Å². The molecule has 1 aliphatic rings. The first-order chi connectivity index (χ1) is 11.8. The van der Waals surface area contributed by atoms with Crippen molar-refractivity contribution in [3.63, 3.8) is 0 Å². The number of rotatable bonds is 3. The van der Waals surface area contributed by atoms with Crippen LogP contribution in [0.5, 0.6) is 0 Å². The molecule has 4 rings (SSSR count). The minimum atomic E-state index is 0.0980. The van der Waals surface area contributed by atoms with Crippen LogP contribution in [-0.4, -0.2) is 12.5 Å². The van der Waals surface area contributed by atoms with Gasteiger partial charge in [-0.15, -0.1) is 6.58 Å². The van der Waals surface area contributed by atoms with Gasteiger partial charge in [0, 0.05) is 24.6 Å². The van der Waals surface area contributed by atoms with Crippen LogP contribution in [0.1, 0.15) is 23.5 Å². The summed E-state index contributed by atoms with van der Waals surface area (Å²) in [7, 11) is 0. The lowest BCUT2D eigenvalue weighted by atomic mass is 9.81. The molecule has 0 radical (unpaired) electrons. The maximum atomic E-state index is 12.7. The van der Waals surface area contributed by atoms with E-state index in [4.69, 9.17) is 0 Å². The van der Waals surface area contributed by atoms with Gasteiger partial charge in [0.2, 0.25) is 5.91 Å². The highest BCUT2D eigenvalue weighted by molar-refractivity contribution is 6.03. The second kappa shape index (κ2) is 5.97. The maximum absolute atomic E-state index is 12.7. The third-order valence-electron chi connectivity index (χ3n) is 4.78. The first-order valence-electron chi connectivity index (χ1n) is 8.27. The Morgan fingerprint density at radius 1 is 1.00 bits per heavy atom. The molecule has 3 aromatic rings. The summed E-state index contributed by atoms with van der Waals surface area (Å²) in [4.78, 5) is 14.6. The number of benzene rings is 3. The van der Waals surface area contributed by atoms with Crippen molar-refractivity contribution in [1.29, 1.82) is 0 Å². The Balaban J connectivity index is 2.00. The molecule has 0 saturated heterocycles. The van der Waals surface area contributed by atoms with Gasteiger partial charge in [-0.3, -0.25) is 4.79 Å². The van der Waals surface area contributed by atoms with E-state index in [1.807, 2.05) is 23.1 Å². The predicted octanol–water partition coefficient (Wildman–Crippen LogP) is 4.89. The minimum absolute atomic E-state index is 0.0980. The van der Waals surface area contributed by atoms with Crippen LogP contribution < -0.4 is 4.90 Å². The zero-order valence-corrected chi connectivity index (χ0v) is 13.5. The van der Waals surface area contributed by atoms with Gasteiger partial charge in [0.05, 0.1) is 0 Å². The number of amides is 1. The summed E-state index contributed by atoms with van der Waals surface area (Å²) < 4.78 is 0. The molecule has 0 spiro atoms. The average Bonchev–Trinajstić information content (AvgIpc) is 2.64. The maximum Gasteiger partial charge on any atom is 0.228 e. The highest BCUT2D eigenvalue weighted by Crippen LogP contribution is 2.43. The molecule has 0 N–H and O–H groups in total. The number of carbonyl (C=O) groups excluding carboxylic acids is 1. The molecule has 2 heteroatoms. The van der Waals surface area contributed by atoms with Crippen molar-refractivity contribution >= 4 is 22.4 Å². The van der Waals surface area contributed by atoms with E-state index >= 15 is 0 Å². The molecule has 1 unspecified atom stereocenters. The summed E-state index contributed by atoms with van der Waals surface area (Å²) in [6, 6.07) is 22.9. The number of hydrogen-bond acceptors (Lipinski definition) is 1. The van der Waals surface area contributed by atoms with E-state index in [0.29, 0.717) is 13.0 Å². The summed E-state index contributed by atoms with van der Waals surface area (Å²) in [5.41, 5.74) is 3.46. The number of carbonyl (C=O) groups is 1. The molecule has 0 fully saturated rings. The van der Waals surface area contributed by atoms with Crippen LogP contribution in [0.3, 0.4) is 0 Å². The largest absolute Gasteiger partial charge is 0.308 e. The van der Waals surface area contributed by atoms with E-state index in [9.17, 15) is 4.79 Å². The van der Waals surface area contributed by atoms with Gasteiger partial charge in [-0.2, -0.15) is 0 Å². The van der Waals surface area contributed by atoms with E-state index in [0.717, 1.165) is 5.69 Å². The third-order valence-corrected chi connectivity index (χ3v) is 4.78. The normalized spacial score (nSPS) is 16.9. The lowest BCUT2D eigenvalue weighted by molar-refractivity contribution is -0.119. The third kappa shape index (κ3) is 2.31. The number of anilines is 1. The summed E-state index contributed by atoms with van der Waals surface area (Å²) in [6.45, 7) is 4.36. The Labute approximate surface area is 142 Å². The monoisotopic (exact) mass is 313 g/mol. The van der Waals surface area contributed by atoms with Crippen LogP contribution in [0.2, 0.25) is 0 Å². The second-order valence-corrected chi connectivity index (χ2v) is 6.18. The van der Waals surface area contributed by atoms with Crippen molar-refractivity contribution in [1.82, 2.24) is 0 Å². The molecule has 1 amide bonds. The molecule has 0 bridgehead atoms. The van der Waals surface area contributed by atoms with Gasteiger partial charge in [-0.25, -0.2) is 0 Å². The lowest BCUT2D eigenvalue weighted by Crippen LogP contribution is -2.37. The van der Waals surface area contributed by atoms with E-state index in [1.54, 1.807) is 6.08 Å². The Bertz CT molecular complexity index is 914. The zero-order chi connectivity index (χ0) is 16.5. The van der Waals surface area contributed by atoms with Crippen molar-refractivity contribution < 1.29 is 4.79 Å². The molecule has 1 aliphatic heterocycles. The highest BCUT2D eigenvalue weighted by atomic mass is 16.2. The predicted molar refractivity (Wildman–Crippen MR) is 99.4 cm³/mol. The van der Waals surface area contributed by atoms with Gasteiger partial charge in [0.15, 0.2) is 0 Å². The fourth-order valence-corrected chi connectivity index (χ4v) is 3.71. The smallest absolute Gasteiger partial charge is 0.228 e. The van der Waals surface area contributed by atoms with Gasteiger partial charge in [0.1, 0.15) is 0 Å². The molecule has 24 heavy (non-hydrogen) atoms. The summed E-state index contributed by atoms with van der Waals surface area (Å²) in [6.07, 6.45) is 2.29. The number of fused-ring (bicyclic) bond motifs is 3. The standard InChI is InChI=1S/C22H19NO/c1-2-14-23-20-13-12-17-10-6-7-11-18(17)22(20)19(15-21(23)24)16-8-4-3-5-9-16/h2-13,19H,1,14-15H2. The van der Waals surface area contributed by atoms with Crippen LogP contribution in [0.4, 0.5) is 5.69 Å². The fourth-order valence-electron chi connectivity index (χ4n) is 3.71. The first-order valence-corrected chi connectivity index (χ1v) is 8.27. The van der Waals surface area contributed by atoms with Gasteiger partial charge >= 0.3 is 0 Å². The first kappa shape index (κ1) is 14.7. The minimum Gasteiger partial charge on any atom is -0.308 e. The van der Waals surface area contributed by atoms with Crippen molar-refractivity contribution in [3.05, 3.63) is 90.5 Å². The average molecular weight is 313 g/mol. The molecule has 1 heterocycles. The van der Waals surface area contributed by atoms with Crippen LogP contribution in [0.25, 0.3) is 10.8 Å². The molecular formula is C22H19NO. The van der Waals surface area contributed by atoms with Crippen LogP contribution in [0, 0.1) is 0 Å². The molecule has 0 saturated carbocycles. The van der Waals surface area contributed by atoms with E-state index in [1.165, 1.54) is 21.9 Å². The zero-order valence-electron chi connectivity index (χ0n) is 13.5. The Morgan fingerprint density at radius 3 is 2.54 bits per heavy atom. The molecule has 118 valence electrons. The van der Waals surface area contributed by atoms with Gasteiger partial charge < -0.3 is 4.90 Å². The van der Waals surface area contributed by atoms with E-state index in [2.05, 4.69) is 55.1 Å². The molecule has 1 atom stereocenters. The number of nitrogens with zero attached hydrogens (tertiary/aromatic N) is 1. The van der Waals surface area contributed by atoms with Gasteiger partial charge in [-0.1, -0.05) is 66.7 Å². The summed E-state index contributed by atoms with van der Waals surface area (Å²) >= 11 is 0. The molecule has 0 aliphatic carbocycles. The SMILES string of the molecule is C=CCN1C(=O)CC(c2ccccc2)c2c1ccc1ccccc21.